The van der Waals surface area contributed by atoms with E-state index in [-0.39, 0.29) is 18.5 Å². The molecule has 0 saturated carbocycles. The average molecular weight is 324 g/mol. The summed E-state index contributed by atoms with van der Waals surface area (Å²) in [5, 5.41) is 9.20. The Bertz CT molecular complexity index is 565. The molecule has 1 aliphatic rings. The fraction of sp³-hybridized carbons (Fsp3) is 0.455. The Labute approximate surface area is 122 Å². The number of halogens is 2. The topological polar surface area (TPSA) is 84.2 Å². The van der Waals surface area contributed by atoms with Crippen molar-refractivity contribution >= 4 is 33.4 Å². The third kappa shape index (κ3) is 4.05. The Morgan fingerprint density at radius 1 is 1.37 bits per heavy atom. The van der Waals surface area contributed by atoms with E-state index in [1.165, 1.54) is 0 Å². The van der Waals surface area contributed by atoms with Crippen molar-refractivity contribution < 1.29 is 8.42 Å². The Kier molecular flexibility index (Phi) is 4.70. The monoisotopic (exact) mass is 323 g/mol. The van der Waals surface area contributed by atoms with Gasteiger partial charge in [-0.15, -0.1) is 0 Å². The van der Waals surface area contributed by atoms with Gasteiger partial charge in [-0.3, -0.25) is 0 Å². The third-order valence-electron chi connectivity index (χ3n) is 3.22. The summed E-state index contributed by atoms with van der Waals surface area (Å²) in [6.45, 7) is 1.08. The number of hydrogen-bond acceptors (Lipinski definition) is 3. The van der Waals surface area contributed by atoms with Gasteiger partial charge in [-0.25, -0.2) is 9.86 Å². The van der Waals surface area contributed by atoms with Crippen LogP contribution in [0.3, 0.4) is 0 Å². The van der Waals surface area contributed by atoms with Gasteiger partial charge in [0.25, 0.3) is 10.2 Å². The van der Waals surface area contributed by atoms with Crippen LogP contribution >= 0.6 is 23.2 Å². The summed E-state index contributed by atoms with van der Waals surface area (Å²) in [6, 6.07) is 5.49. The Morgan fingerprint density at radius 3 is 2.74 bits per heavy atom. The van der Waals surface area contributed by atoms with Crippen LogP contribution in [0.25, 0.3) is 0 Å². The van der Waals surface area contributed by atoms with Crippen LogP contribution in [0.4, 0.5) is 0 Å². The predicted molar refractivity (Wildman–Crippen MR) is 76.7 cm³/mol. The van der Waals surface area contributed by atoms with Crippen molar-refractivity contribution in [3.63, 3.8) is 0 Å². The zero-order valence-electron chi connectivity index (χ0n) is 10.1. The average Bonchev–Trinajstić information content (AvgIpc) is 2.77. The van der Waals surface area contributed by atoms with Crippen LogP contribution in [0.1, 0.15) is 17.9 Å². The molecular weight excluding hydrogens is 309 g/mol. The molecule has 1 fully saturated rings. The van der Waals surface area contributed by atoms with Gasteiger partial charge in [0.15, 0.2) is 0 Å². The van der Waals surface area contributed by atoms with Crippen LogP contribution < -0.4 is 15.2 Å². The Hall–Kier alpha value is -0.370. The molecule has 0 radical (unpaired) electrons. The minimum atomic E-state index is -3.67. The first-order valence-electron chi connectivity index (χ1n) is 5.82. The first-order chi connectivity index (χ1) is 8.87. The molecule has 2 atom stereocenters. The van der Waals surface area contributed by atoms with Crippen molar-refractivity contribution in [2.45, 2.75) is 18.4 Å². The summed E-state index contributed by atoms with van der Waals surface area (Å²) < 4.78 is 24.2. The molecule has 0 amide bonds. The quantitative estimate of drug-likeness (QED) is 0.779. The molecule has 0 spiro atoms. The van der Waals surface area contributed by atoms with Crippen molar-refractivity contribution in [1.29, 1.82) is 0 Å². The van der Waals surface area contributed by atoms with Crippen molar-refractivity contribution in [3.05, 3.63) is 33.8 Å². The van der Waals surface area contributed by atoms with Crippen LogP contribution in [0.2, 0.25) is 10.0 Å². The maximum Gasteiger partial charge on any atom is 0.274 e. The van der Waals surface area contributed by atoms with Crippen LogP contribution in [0.15, 0.2) is 18.2 Å². The lowest BCUT2D eigenvalue weighted by atomic mass is 9.92. The third-order valence-corrected chi connectivity index (χ3v) is 4.53. The van der Waals surface area contributed by atoms with E-state index in [9.17, 15) is 8.42 Å². The van der Waals surface area contributed by atoms with Crippen molar-refractivity contribution in [1.82, 2.24) is 10.0 Å². The second kappa shape index (κ2) is 5.95. The van der Waals surface area contributed by atoms with Gasteiger partial charge in [0.1, 0.15) is 0 Å². The lowest BCUT2D eigenvalue weighted by Gasteiger charge is -2.20. The molecule has 1 aromatic rings. The summed E-state index contributed by atoms with van der Waals surface area (Å²) in [5.74, 6) is 0.184. The van der Waals surface area contributed by atoms with Gasteiger partial charge >= 0.3 is 0 Å². The largest absolute Gasteiger partial charge is 0.312 e. The minimum Gasteiger partial charge on any atom is -0.312 e. The Balaban J connectivity index is 2.11. The molecule has 1 saturated heterocycles. The maximum atomic E-state index is 10.9. The zero-order valence-corrected chi connectivity index (χ0v) is 12.4. The number of nitrogens with one attached hydrogen (secondary N) is 2. The molecule has 1 aliphatic heterocycles. The summed E-state index contributed by atoms with van der Waals surface area (Å²) >= 11 is 11.9. The van der Waals surface area contributed by atoms with E-state index in [2.05, 4.69) is 10.0 Å². The van der Waals surface area contributed by atoms with E-state index in [1.54, 1.807) is 6.07 Å². The summed E-state index contributed by atoms with van der Waals surface area (Å²) in [4.78, 5) is 0. The van der Waals surface area contributed by atoms with E-state index < -0.39 is 10.2 Å². The predicted octanol–water partition coefficient (Wildman–Crippen LogP) is 1.23. The highest BCUT2D eigenvalue weighted by molar-refractivity contribution is 7.87. The molecule has 19 heavy (non-hydrogen) atoms. The lowest BCUT2D eigenvalue weighted by molar-refractivity contribution is 0.522. The second-order valence-corrected chi connectivity index (χ2v) is 6.72. The highest BCUT2D eigenvalue weighted by Crippen LogP contribution is 2.32. The normalized spacial score (nSPS) is 23.7. The van der Waals surface area contributed by atoms with Crippen LogP contribution in [-0.4, -0.2) is 27.5 Å². The SMILES string of the molecule is NS(=O)(=O)NC[C@H]1NCCC1c1ccc(Cl)c(Cl)c1. The van der Waals surface area contributed by atoms with E-state index >= 15 is 0 Å². The van der Waals surface area contributed by atoms with E-state index in [1.807, 2.05) is 12.1 Å². The molecule has 1 unspecified atom stereocenters. The van der Waals surface area contributed by atoms with Crippen molar-refractivity contribution in [3.8, 4) is 0 Å². The number of nitrogens with two attached hydrogens (primary N) is 1. The van der Waals surface area contributed by atoms with Gasteiger partial charge in [-0.05, 0) is 30.7 Å². The van der Waals surface area contributed by atoms with Crippen LogP contribution in [-0.2, 0) is 10.2 Å². The van der Waals surface area contributed by atoms with E-state index in [0.717, 1.165) is 18.5 Å². The molecule has 0 bridgehead atoms. The van der Waals surface area contributed by atoms with E-state index in [0.29, 0.717) is 10.0 Å². The van der Waals surface area contributed by atoms with Crippen molar-refractivity contribution in [2.75, 3.05) is 13.1 Å². The standard InChI is InChI=1S/C11H15Cl2N3O2S/c12-9-2-1-7(5-10(9)13)8-3-4-15-11(8)6-16-19(14,17)18/h1-2,5,8,11,15-16H,3-4,6H2,(H2,14,17,18)/t8?,11-/m1/s1. The molecule has 5 nitrogen and oxygen atoms in total. The van der Waals surface area contributed by atoms with Gasteiger partial charge in [-0.2, -0.15) is 8.42 Å². The lowest BCUT2D eigenvalue weighted by Crippen LogP contribution is -2.42. The summed E-state index contributed by atoms with van der Waals surface area (Å²) in [6.07, 6.45) is 0.912. The molecule has 0 aliphatic carbocycles. The smallest absolute Gasteiger partial charge is 0.274 e. The fourth-order valence-corrected chi connectivity index (χ4v) is 3.05. The molecule has 1 heterocycles. The Morgan fingerprint density at radius 2 is 2.11 bits per heavy atom. The molecule has 2 rings (SSSR count). The van der Waals surface area contributed by atoms with Crippen LogP contribution in [0.5, 0.6) is 0 Å². The first kappa shape index (κ1) is 15.0. The molecular formula is C11H15Cl2N3O2S. The zero-order chi connectivity index (χ0) is 14.0. The highest BCUT2D eigenvalue weighted by atomic mass is 35.5. The minimum absolute atomic E-state index is 0.00410. The number of benzene rings is 1. The van der Waals surface area contributed by atoms with E-state index in [4.69, 9.17) is 28.3 Å². The number of rotatable bonds is 4. The fourth-order valence-electron chi connectivity index (χ4n) is 2.33. The van der Waals surface area contributed by atoms with Gasteiger partial charge in [0, 0.05) is 18.5 Å². The molecule has 0 aromatic heterocycles. The summed E-state index contributed by atoms with van der Waals surface area (Å²) in [5.41, 5.74) is 1.04. The maximum absolute atomic E-state index is 10.9. The van der Waals surface area contributed by atoms with Gasteiger partial charge in [0.05, 0.1) is 10.0 Å². The van der Waals surface area contributed by atoms with Crippen LogP contribution in [0, 0.1) is 0 Å². The number of hydrogen-bond donors (Lipinski definition) is 3. The summed E-state index contributed by atoms with van der Waals surface area (Å²) in [7, 11) is -3.67. The second-order valence-electron chi connectivity index (χ2n) is 4.52. The van der Waals surface area contributed by atoms with Gasteiger partial charge < -0.3 is 5.32 Å². The molecule has 4 N–H and O–H groups in total. The first-order valence-corrected chi connectivity index (χ1v) is 8.13. The highest BCUT2D eigenvalue weighted by Gasteiger charge is 2.29. The van der Waals surface area contributed by atoms with Gasteiger partial charge in [-0.1, -0.05) is 29.3 Å². The van der Waals surface area contributed by atoms with Crippen molar-refractivity contribution in [2.24, 2.45) is 5.14 Å². The molecule has 1 aromatic carbocycles. The molecule has 106 valence electrons. The molecule has 8 heteroatoms. The van der Waals surface area contributed by atoms with Gasteiger partial charge in [0.2, 0.25) is 0 Å².